The van der Waals surface area contributed by atoms with Gasteiger partial charge >= 0.3 is 5.69 Å². The average Bonchev–Trinajstić information content (AvgIpc) is 2.74. The second kappa shape index (κ2) is 6.40. The maximum absolute atomic E-state index is 11.3. The molecule has 2 heterocycles. The van der Waals surface area contributed by atoms with Crippen LogP contribution < -0.4 is 10.2 Å². The van der Waals surface area contributed by atoms with Gasteiger partial charge in [-0.15, -0.1) is 0 Å². The molecule has 1 aromatic rings. The summed E-state index contributed by atoms with van der Waals surface area (Å²) >= 11 is 0. The van der Waals surface area contributed by atoms with Crippen LogP contribution in [0.25, 0.3) is 0 Å². The SMILES string of the molecule is CN(C)c1ccnc(N[C@@H]2O[C@H](CO)[C@@H](O)[C@H]2O)c1[N+](=O)[O-]. The maximum atomic E-state index is 11.3. The van der Waals surface area contributed by atoms with Crippen LogP contribution in [0.3, 0.4) is 0 Å². The third-order valence-corrected chi connectivity index (χ3v) is 3.39. The first-order valence-corrected chi connectivity index (χ1v) is 6.56. The molecule has 2 rings (SSSR count). The second-order valence-electron chi connectivity index (χ2n) is 5.08. The summed E-state index contributed by atoms with van der Waals surface area (Å²) in [5.74, 6) is -0.0916. The molecule has 4 N–H and O–H groups in total. The Kier molecular flexibility index (Phi) is 4.76. The summed E-state index contributed by atoms with van der Waals surface area (Å²) < 4.78 is 5.24. The van der Waals surface area contributed by atoms with E-state index in [0.717, 1.165) is 0 Å². The van der Waals surface area contributed by atoms with Gasteiger partial charge in [-0.3, -0.25) is 10.1 Å². The number of aliphatic hydroxyl groups is 3. The molecular formula is C12H18N4O6. The molecule has 0 spiro atoms. The number of nitrogens with one attached hydrogen (secondary N) is 1. The molecule has 0 unspecified atom stereocenters. The van der Waals surface area contributed by atoms with E-state index < -0.39 is 36.1 Å². The van der Waals surface area contributed by atoms with Gasteiger partial charge in [0.15, 0.2) is 6.23 Å². The highest BCUT2D eigenvalue weighted by Gasteiger charge is 2.43. The van der Waals surface area contributed by atoms with E-state index in [9.17, 15) is 20.3 Å². The van der Waals surface area contributed by atoms with E-state index in [-0.39, 0.29) is 11.5 Å². The monoisotopic (exact) mass is 314 g/mol. The van der Waals surface area contributed by atoms with Crippen molar-refractivity contribution in [2.45, 2.75) is 24.5 Å². The zero-order valence-electron chi connectivity index (χ0n) is 12.1. The first-order valence-electron chi connectivity index (χ1n) is 6.56. The molecule has 1 fully saturated rings. The van der Waals surface area contributed by atoms with Crippen molar-refractivity contribution in [3.63, 3.8) is 0 Å². The van der Waals surface area contributed by atoms with Gasteiger partial charge < -0.3 is 30.3 Å². The van der Waals surface area contributed by atoms with Gasteiger partial charge in [-0.1, -0.05) is 0 Å². The first-order chi connectivity index (χ1) is 10.4. The predicted octanol–water partition coefficient (Wildman–Crippen LogP) is -1.09. The lowest BCUT2D eigenvalue weighted by Crippen LogP contribution is -2.36. The molecule has 1 aromatic heterocycles. The highest BCUT2D eigenvalue weighted by molar-refractivity contribution is 5.73. The minimum absolute atomic E-state index is 0.0916. The normalized spacial score (nSPS) is 27.7. The summed E-state index contributed by atoms with van der Waals surface area (Å²) in [5, 5.41) is 42.5. The van der Waals surface area contributed by atoms with Crippen molar-refractivity contribution in [1.29, 1.82) is 0 Å². The molecule has 122 valence electrons. The Bertz CT molecular complexity index is 554. The summed E-state index contributed by atoms with van der Waals surface area (Å²) in [4.78, 5) is 16.2. The Balaban J connectivity index is 2.30. The van der Waals surface area contributed by atoms with E-state index in [1.54, 1.807) is 19.0 Å². The van der Waals surface area contributed by atoms with Gasteiger partial charge in [0.25, 0.3) is 0 Å². The molecule has 1 saturated heterocycles. The number of hydrogen-bond donors (Lipinski definition) is 4. The number of aliphatic hydroxyl groups excluding tert-OH is 3. The van der Waals surface area contributed by atoms with Crippen LogP contribution in [0.4, 0.5) is 17.2 Å². The molecule has 0 aliphatic carbocycles. The van der Waals surface area contributed by atoms with Crippen LogP contribution in [0.2, 0.25) is 0 Å². The fraction of sp³-hybridized carbons (Fsp3) is 0.583. The summed E-state index contributed by atoms with van der Waals surface area (Å²) in [5.41, 5.74) is 0.0551. The number of rotatable bonds is 5. The summed E-state index contributed by atoms with van der Waals surface area (Å²) in [6.07, 6.45) is -3.34. The number of nitro groups is 1. The van der Waals surface area contributed by atoms with Gasteiger partial charge in [-0.25, -0.2) is 4.98 Å². The van der Waals surface area contributed by atoms with Crippen molar-refractivity contribution < 1.29 is 25.0 Å². The van der Waals surface area contributed by atoms with Gasteiger partial charge in [0.05, 0.1) is 11.5 Å². The lowest BCUT2D eigenvalue weighted by Gasteiger charge is -2.19. The summed E-state index contributed by atoms with van der Waals surface area (Å²) in [6.45, 7) is -0.482. The van der Waals surface area contributed by atoms with Gasteiger partial charge in [0, 0.05) is 20.3 Å². The fourth-order valence-corrected chi connectivity index (χ4v) is 2.24. The minimum Gasteiger partial charge on any atom is -0.394 e. The van der Waals surface area contributed by atoms with Crippen molar-refractivity contribution in [3.8, 4) is 0 Å². The Hall–Kier alpha value is -2.01. The molecule has 0 bridgehead atoms. The van der Waals surface area contributed by atoms with Crippen molar-refractivity contribution in [3.05, 3.63) is 22.4 Å². The number of aromatic nitrogens is 1. The molecule has 0 amide bonds. The van der Waals surface area contributed by atoms with Crippen LogP contribution in [0, 0.1) is 10.1 Å². The molecule has 10 heteroatoms. The van der Waals surface area contributed by atoms with Crippen LogP contribution in [-0.2, 0) is 4.74 Å². The van der Waals surface area contributed by atoms with Crippen LogP contribution in [0.5, 0.6) is 0 Å². The smallest absolute Gasteiger partial charge is 0.334 e. The lowest BCUT2D eigenvalue weighted by molar-refractivity contribution is -0.383. The molecule has 1 aliphatic rings. The quantitative estimate of drug-likeness (QED) is 0.394. The molecule has 0 aromatic carbocycles. The van der Waals surface area contributed by atoms with Crippen LogP contribution >= 0.6 is 0 Å². The standard InChI is InChI=1S/C12H18N4O6/c1-15(2)6-3-4-13-11(8(6)16(20)21)14-12-10(19)9(18)7(5-17)22-12/h3-4,7,9-10,12,17-19H,5H2,1-2H3,(H,13,14)/t7-,9-,10-,12-/m1/s1. The van der Waals surface area contributed by atoms with Crippen molar-refractivity contribution in [1.82, 2.24) is 4.98 Å². The van der Waals surface area contributed by atoms with Crippen molar-refractivity contribution in [2.75, 3.05) is 30.9 Å². The Labute approximate surface area is 126 Å². The zero-order valence-corrected chi connectivity index (χ0v) is 12.1. The topological polar surface area (TPSA) is 141 Å². The van der Waals surface area contributed by atoms with E-state index in [0.29, 0.717) is 5.69 Å². The highest BCUT2D eigenvalue weighted by atomic mass is 16.6. The molecule has 0 radical (unpaired) electrons. The van der Waals surface area contributed by atoms with Gasteiger partial charge in [0.1, 0.15) is 24.0 Å². The predicted molar refractivity (Wildman–Crippen MR) is 76.6 cm³/mol. The molecule has 10 nitrogen and oxygen atoms in total. The molecule has 4 atom stereocenters. The van der Waals surface area contributed by atoms with E-state index in [4.69, 9.17) is 9.84 Å². The third-order valence-electron chi connectivity index (χ3n) is 3.39. The average molecular weight is 314 g/mol. The first kappa shape index (κ1) is 16.4. The Morgan fingerprint density at radius 1 is 1.45 bits per heavy atom. The number of pyridine rings is 1. The number of ether oxygens (including phenoxy) is 1. The van der Waals surface area contributed by atoms with E-state index in [1.807, 2.05) is 0 Å². The van der Waals surface area contributed by atoms with E-state index in [2.05, 4.69) is 10.3 Å². The maximum Gasteiger partial charge on any atom is 0.334 e. The lowest BCUT2D eigenvalue weighted by atomic mass is 10.1. The fourth-order valence-electron chi connectivity index (χ4n) is 2.24. The highest BCUT2D eigenvalue weighted by Crippen LogP contribution is 2.34. The number of anilines is 2. The Morgan fingerprint density at radius 3 is 2.64 bits per heavy atom. The van der Waals surface area contributed by atoms with E-state index in [1.165, 1.54) is 12.3 Å². The van der Waals surface area contributed by atoms with Gasteiger partial charge in [0.2, 0.25) is 5.82 Å². The summed E-state index contributed by atoms with van der Waals surface area (Å²) in [6, 6.07) is 1.49. The van der Waals surface area contributed by atoms with Crippen molar-refractivity contribution in [2.24, 2.45) is 0 Å². The van der Waals surface area contributed by atoms with Crippen LogP contribution in [-0.4, -0.2) is 70.5 Å². The van der Waals surface area contributed by atoms with Crippen molar-refractivity contribution >= 4 is 17.2 Å². The summed E-state index contributed by atoms with van der Waals surface area (Å²) in [7, 11) is 3.30. The minimum atomic E-state index is -1.35. The van der Waals surface area contributed by atoms with E-state index >= 15 is 0 Å². The van der Waals surface area contributed by atoms with Gasteiger partial charge in [-0.2, -0.15) is 0 Å². The molecule has 0 saturated carbocycles. The Morgan fingerprint density at radius 2 is 2.14 bits per heavy atom. The molecule has 22 heavy (non-hydrogen) atoms. The number of nitrogens with zero attached hydrogens (tertiary/aromatic N) is 3. The number of hydrogen-bond acceptors (Lipinski definition) is 9. The largest absolute Gasteiger partial charge is 0.394 e. The molecular weight excluding hydrogens is 296 g/mol. The van der Waals surface area contributed by atoms with Gasteiger partial charge in [-0.05, 0) is 6.07 Å². The van der Waals surface area contributed by atoms with Crippen LogP contribution in [0.15, 0.2) is 12.3 Å². The molecule has 1 aliphatic heterocycles. The van der Waals surface area contributed by atoms with Crippen LogP contribution in [0.1, 0.15) is 0 Å². The second-order valence-corrected chi connectivity index (χ2v) is 5.08. The third kappa shape index (κ3) is 2.95. The zero-order chi connectivity index (χ0) is 16.4.